The molecular formula is C17H12Cl2F3N3O2. The van der Waals surface area contributed by atoms with Crippen molar-refractivity contribution in [2.45, 2.75) is 25.1 Å². The summed E-state index contributed by atoms with van der Waals surface area (Å²) in [4.78, 5) is 28.0. The van der Waals surface area contributed by atoms with Crippen molar-refractivity contribution in [1.82, 2.24) is 10.3 Å². The molecule has 1 fully saturated rings. The van der Waals surface area contributed by atoms with Crippen LogP contribution in [0.25, 0.3) is 0 Å². The second-order valence-electron chi connectivity index (χ2n) is 5.94. The van der Waals surface area contributed by atoms with E-state index in [2.05, 4.69) is 15.6 Å². The molecule has 3 rings (SSSR count). The van der Waals surface area contributed by atoms with Crippen molar-refractivity contribution in [3.05, 3.63) is 57.3 Å². The third-order valence-corrected chi connectivity index (χ3v) is 4.29. The lowest BCUT2D eigenvalue weighted by Crippen LogP contribution is -2.26. The molecule has 5 nitrogen and oxygen atoms in total. The molecule has 0 spiro atoms. The maximum absolute atomic E-state index is 13.1. The summed E-state index contributed by atoms with van der Waals surface area (Å²) in [6, 6.07) is 4.76. The summed E-state index contributed by atoms with van der Waals surface area (Å²) in [5, 5.41) is 4.96. The minimum atomic E-state index is -4.81. The first-order valence-corrected chi connectivity index (χ1v) is 8.55. The molecule has 142 valence electrons. The average Bonchev–Trinajstić information content (AvgIpc) is 3.39. The second kappa shape index (κ2) is 7.36. The molecule has 1 aliphatic rings. The van der Waals surface area contributed by atoms with Gasteiger partial charge in [0.25, 0.3) is 11.8 Å². The van der Waals surface area contributed by atoms with Crippen molar-refractivity contribution in [1.29, 1.82) is 0 Å². The van der Waals surface area contributed by atoms with E-state index >= 15 is 0 Å². The van der Waals surface area contributed by atoms with Crippen molar-refractivity contribution in [3.8, 4) is 0 Å². The van der Waals surface area contributed by atoms with Crippen molar-refractivity contribution in [2.24, 2.45) is 0 Å². The maximum Gasteiger partial charge on any atom is 0.418 e. The number of rotatable bonds is 4. The van der Waals surface area contributed by atoms with Gasteiger partial charge >= 0.3 is 6.18 Å². The van der Waals surface area contributed by atoms with Gasteiger partial charge in [0.05, 0.1) is 21.2 Å². The number of alkyl halides is 3. The maximum atomic E-state index is 13.1. The molecule has 1 aromatic carbocycles. The molecule has 1 saturated carbocycles. The molecule has 1 heterocycles. The molecule has 0 radical (unpaired) electrons. The van der Waals surface area contributed by atoms with Crippen LogP contribution in [0.4, 0.5) is 18.9 Å². The number of carbonyl (C=O) groups is 2. The highest BCUT2D eigenvalue weighted by molar-refractivity contribution is 6.34. The number of aromatic nitrogens is 1. The van der Waals surface area contributed by atoms with Crippen LogP contribution in [-0.4, -0.2) is 22.8 Å². The van der Waals surface area contributed by atoms with E-state index in [0.29, 0.717) is 6.07 Å². The molecular weight excluding hydrogens is 406 g/mol. The predicted octanol–water partition coefficient (Wildman–Crippen LogP) is 4.55. The van der Waals surface area contributed by atoms with Gasteiger partial charge in [0.2, 0.25) is 0 Å². The summed E-state index contributed by atoms with van der Waals surface area (Å²) in [6.45, 7) is 0. The Balaban J connectivity index is 1.85. The number of halogens is 5. The summed E-state index contributed by atoms with van der Waals surface area (Å²) >= 11 is 11.6. The Hall–Kier alpha value is -2.32. The third-order valence-electron chi connectivity index (χ3n) is 3.76. The molecule has 0 aliphatic heterocycles. The van der Waals surface area contributed by atoms with Crippen LogP contribution in [0, 0.1) is 0 Å². The highest BCUT2D eigenvalue weighted by Gasteiger charge is 2.36. The lowest BCUT2D eigenvalue weighted by molar-refractivity contribution is -0.138. The zero-order valence-electron chi connectivity index (χ0n) is 13.5. The first kappa shape index (κ1) is 19.4. The number of nitrogens with zero attached hydrogens (tertiary/aromatic N) is 1. The number of hydrogen-bond acceptors (Lipinski definition) is 3. The smallest absolute Gasteiger partial charge is 0.349 e. The Kier molecular flexibility index (Phi) is 5.30. The lowest BCUT2D eigenvalue weighted by atomic mass is 10.1. The van der Waals surface area contributed by atoms with E-state index < -0.39 is 29.2 Å². The van der Waals surface area contributed by atoms with Crippen LogP contribution >= 0.6 is 23.2 Å². The van der Waals surface area contributed by atoms with Crippen LogP contribution in [0.2, 0.25) is 10.0 Å². The van der Waals surface area contributed by atoms with Gasteiger partial charge in [-0.2, -0.15) is 13.2 Å². The molecule has 1 aliphatic carbocycles. The van der Waals surface area contributed by atoms with Crippen LogP contribution in [0.1, 0.15) is 39.3 Å². The van der Waals surface area contributed by atoms with Crippen molar-refractivity contribution in [3.63, 3.8) is 0 Å². The summed E-state index contributed by atoms with van der Waals surface area (Å²) < 4.78 is 39.4. The van der Waals surface area contributed by atoms with E-state index in [4.69, 9.17) is 23.2 Å². The van der Waals surface area contributed by atoms with Crippen molar-refractivity contribution >= 4 is 40.7 Å². The molecule has 2 amide bonds. The minimum absolute atomic E-state index is 0.0967. The predicted molar refractivity (Wildman–Crippen MR) is 94.1 cm³/mol. The van der Waals surface area contributed by atoms with Gasteiger partial charge in [-0.25, -0.2) is 4.98 Å². The average molecular weight is 418 g/mol. The van der Waals surface area contributed by atoms with Gasteiger partial charge in [0.1, 0.15) is 5.69 Å². The molecule has 2 N–H and O–H groups in total. The first-order valence-electron chi connectivity index (χ1n) is 7.79. The molecule has 0 saturated heterocycles. The fraction of sp³-hybridized carbons (Fsp3) is 0.235. The lowest BCUT2D eigenvalue weighted by Gasteiger charge is -2.13. The number of nitrogens with one attached hydrogen (secondary N) is 2. The Bertz CT molecular complexity index is 915. The van der Waals surface area contributed by atoms with E-state index in [1.54, 1.807) is 0 Å². The highest BCUT2D eigenvalue weighted by atomic mass is 35.5. The molecule has 10 heteroatoms. The number of pyridine rings is 1. The SMILES string of the molecule is O=C(NC1CC1)c1cc(NC(=O)c2ncc(Cl)cc2C(F)(F)F)ccc1Cl. The molecule has 2 aromatic rings. The Labute approximate surface area is 161 Å². The van der Waals surface area contributed by atoms with Crippen LogP contribution in [-0.2, 0) is 6.18 Å². The molecule has 0 unspecified atom stereocenters. The van der Waals surface area contributed by atoms with Gasteiger partial charge in [-0.15, -0.1) is 0 Å². The number of amides is 2. The van der Waals surface area contributed by atoms with Crippen molar-refractivity contribution < 1.29 is 22.8 Å². The zero-order chi connectivity index (χ0) is 19.8. The van der Waals surface area contributed by atoms with Gasteiger partial charge in [-0.1, -0.05) is 23.2 Å². The Morgan fingerprint density at radius 2 is 1.81 bits per heavy atom. The molecule has 0 bridgehead atoms. The highest BCUT2D eigenvalue weighted by Crippen LogP contribution is 2.33. The number of anilines is 1. The fourth-order valence-electron chi connectivity index (χ4n) is 2.29. The second-order valence-corrected chi connectivity index (χ2v) is 6.79. The Morgan fingerprint density at radius 3 is 2.44 bits per heavy atom. The van der Waals surface area contributed by atoms with Crippen LogP contribution in [0.15, 0.2) is 30.5 Å². The standard InChI is InChI=1S/C17H12Cl2F3N3O2/c18-8-5-12(17(20,21)22)14(23-7-8)16(27)25-10-3-4-13(19)11(6-10)15(26)24-9-1-2-9/h3-7,9H,1-2H2,(H,24,26)(H,25,27). The largest absolute Gasteiger partial charge is 0.418 e. The summed E-state index contributed by atoms with van der Waals surface area (Å²) in [5.74, 6) is -1.51. The third kappa shape index (κ3) is 4.70. The van der Waals surface area contributed by atoms with Gasteiger partial charge in [-0.3, -0.25) is 9.59 Å². The summed E-state index contributed by atoms with van der Waals surface area (Å²) in [7, 11) is 0. The van der Waals surface area contributed by atoms with Gasteiger partial charge < -0.3 is 10.6 Å². The van der Waals surface area contributed by atoms with E-state index in [1.165, 1.54) is 18.2 Å². The Morgan fingerprint density at radius 1 is 1.11 bits per heavy atom. The minimum Gasteiger partial charge on any atom is -0.349 e. The van der Waals surface area contributed by atoms with E-state index in [1.807, 2.05) is 0 Å². The summed E-state index contributed by atoms with van der Waals surface area (Å²) in [6.07, 6.45) is -2.10. The topological polar surface area (TPSA) is 71.1 Å². The van der Waals surface area contributed by atoms with Gasteiger partial charge in [0.15, 0.2) is 0 Å². The quantitative estimate of drug-likeness (QED) is 0.766. The first-order chi connectivity index (χ1) is 12.6. The molecule has 27 heavy (non-hydrogen) atoms. The van der Waals surface area contributed by atoms with Crippen LogP contribution in [0.3, 0.4) is 0 Å². The number of hydrogen-bond donors (Lipinski definition) is 2. The van der Waals surface area contributed by atoms with Gasteiger partial charge in [0, 0.05) is 17.9 Å². The summed E-state index contributed by atoms with van der Waals surface area (Å²) in [5.41, 5.74) is -1.87. The normalized spacial score (nSPS) is 14.0. The number of benzene rings is 1. The van der Waals surface area contributed by atoms with Gasteiger partial charge in [-0.05, 0) is 37.1 Å². The molecule has 1 aromatic heterocycles. The molecule has 0 atom stereocenters. The van der Waals surface area contributed by atoms with E-state index in [-0.39, 0.29) is 27.3 Å². The zero-order valence-corrected chi connectivity index (χ0v) is 15.0. The monoisotopic (exact) mass is 417 g/mol. The van der Waals surface area contributed by atoms with Crippen LogP contribution < -0.4 is 10.6 Å². The van der Waals surface area contributed by atoms with Crippen molar-refractivity contribution in [2.75, 3.05) is 5.32 Å². The van der Waals surface area contributed by atoms with Crippen LogP contribution in [0.5, 0.6) is 0 Å². The fourth-order valence-corrected chi connectivity index (χ4v) is 2.66. The number of carbonyl (C=O) groups excluding carboxylic acids is 2. The van der Waals surface area contributed by atoms with E-state index in [9.17, 15) is 22.8 Å². The van der Waals surface area contributed by atoms with E-state index in [0.717, 1.165) is 19.0 Å².